The molecule has 0 saturated carbocycles. The number of nitrogens with one attached hydrogen (secondary N) is 1. The molecule has 0 radical (unpaired) electrons. The van der Waals surface area contributed by atoms with Crippen molar-refractivity contribution in [2.24, 2.45) is 0 Å². The van der Waals surface area contributed by atoms with Gasteiger partial charge >= 0.3 is 12.3 Å². The van der Waals surface area contributed by atoms with Gasteiger partial charge in [-0.05, 0) is 0 Å². The van der Waals surface area contributed by atoms with Crippen molar-refractivity contribution in [2.45, 2.75) is 12.3 Å². The van der Waals surface area contributed by atoms with E-state index in [-0.39, 0.29) is 0 Å². The Labute approximate surface area is 83.6 Å². The van der Waals surface area contributed by atoms with Gasteiger partial charge in [0.1, 0.15) is 9.84 Å². The summed E-state index contributed by atoms with van der Waals surface area (Å²) in [6.45, 7) is -0.625. The lowest BCUT2D eigenvalue weighted by Crippen LogP contribution is -2.46. The molecule has 15 heavy (non-hydrogen) atoms. The lowest BCUT2D eigenvalue weighted by Gasteiger charge is -2.14. The largest absolute Gasteiger partial charge is 0.383 e. The summed E-state index contributed by atoms with van der Waals surface area (Å²) in [6.07, 6.45) is -3.29. The molecule has 0 atom stereocenters. The predicted molar refractivity (Wildman–Crippen MR) is 43.7 cm³/mol. The van der Waals surface area contributed by atoms with Crippen LogP contribution in [0.5, 0.6) is 0 Å². The van der Waals surface area contributed by atoms with E-state index in [4.69, 9.17) is 0 Å². The summed E-state index contributed by atoms with van der Waals surface area (Å²) in [5.74, 6) is -7.56. The van der Waals surface area contributed by atoms with Crippen LogP contribution in [-0.4, -0.2) is 45.2 Å². The zero-order valence-electron chi connectivity index (χ0n) is 7.64. The van der Waals surface area contributed by atoms with Gasteiger partial charge in [-0.2, -0.15) is 8.78 Å². The first kappa shape index (κ1) is 14.1. The molecule has 0 bridgehead atoms. The SMILES string of the molecule is CS(=O)(=O)CCNC(=O)C(F)(F)C(F)F. The molecule has 0 aliphatic rings. The van der Waals surface area contributed by atoms with Crippen molar-refractivity contribution in [3.63, 3.8) is 0 Å². The fourth-order valence-corrected chi connectivity index (χ4v) is 1.04. The zero-order valence-corrected chi connectivity index (χ0v) is 8.45. The quantitative estimate of drug-likeness (QED) is 0.702. The summed E-state index contributed by atoms with van der Waals surface area (Å²) in [6, 6.07) is 0. The molecule has 1 amide bonds. The average Bonchev–Trinajstić information content (AvgIpc) is 2.01. The van der Waals surface area contributed by atoms with Crippen LogP contribution in [0.15, 0.2) is 0 Å². The molecule has 0 fully saturated rings. The summed E-state index contributed by atoms with van der Waals surface area (Å²) >= 11 is 0. The second kappa shape index (κ2) is 4.77. The van der Waals surface area contributed by atoms with Gasteiger partial charge in [-0.3, -0.25) is 4.79 Å². The van der Waals surface area contributed by atoms with Gasteiger partial charge in [0.25, 0.3) is 5.91 Å². The fourth-order valence-electron chi connectivity index (χ4n) is 0.567. The number of hydrogen-bond donors (Lipinski definition) is 1. The molecule has 0 aromatic heterocycles. The Kier molecular flexibility index (Phi) is 4.50. The first-order valence-electron chi connectivity index (χ1n) is 3.69. The smallest absolute Gasteiger partial charge is 0.350 e. The van der Waals surface area contributed by atoms with E-state index in [0.717, 1.165) is 6.26 Å². The number of rotatable bonds is 5. The molecule has 0 spiro atoms. The van der Waals surface area contributed by atoms with Crippen LogP contribution in [0.25, 0.3) is 0 Å². The van der Waals surface area contributed by atoms with Crippen molar-refractivity contribution in [2.75, 3.05) is 18.6 Å². The van der Waals surface area contributed by atoms with E-state index in [2.05, 4.69) is 0 Å². The molecule has 0 aromatic carbocycles. The Morgan fingerprint density at radius 3 is 2.20 bits per heavy atom. The maximum Gasteiger partial charge on any atom is 0.383 e. The minimum Gasteiger partial charge on any atom is -0.350 e. The van der Waals surface area contributed by atoms with Gasteiger partial charge in [0.2, 0.25) is 0 Å². The Morgan fingerprint density at radius 2 is 1.87 bits per heavy atom. The van der Waals surface area contributed by atoms with Crippen molar-refractivity contribution >= 4 is 15.7 Å². The van der Waals surface area contributed by atoms with Crippen molar-refractivity contribution in [1.82, 2.24) is 5.32 Å². The topological polar surface area (TPSA) is 63.2 Å². The highest BCUT2D eigenvalue weighted by atomic mass is 32.2. The van der Waals surface area contributed by atoms with Gasteiger partial charge in [-0.25, -0.2) is 17.2 Å². The number of hydrogen-bond acceptors (Lipinski definition) is 3. The van der Waals surface area contributed by atoms with Gasteiger partial charge in [0, 0.05) is 12.8 Å². The Balaban J connectivity index is 4.17. The highest BCUT2D eigenvalue weighted by Crippen LogP contribution is 2.22. The second-order valence-corrected chi connectivity index (χ2v) is 5.07. The molecule has 1 N–H and O–H groups in total. The third-order valence-electron chi connectivity index (χ3n) is 1.34. The van der Waals surface area contributed by atoms with Gasteiger partial charge in [0.15, 0.2) is 0 Å². The first-order chi connectivity index (χ1) is 6.57. The van der Waals surface area contributed by atoms with Crippen LogP contribution in [0.4, 0.5) is 17.6 Å². The monoisotopic (exact) mass is 251 g/mol. The van der Waals surface area contributed by atoms with E-state index in [1.165, 1.54) is 5.32 Å². The molecular weight excluding hydrogens is 242 g/mol. The van der Waals surface area contributed by atoms with Gasteiger partial charge in [-0.1, -0.05) is 0 Å². The summed E-state index contributed by atoms with van der Waals surface area (Å²) < 4.78 is 68.7. The standard InChI is InChI=1S/C6H9F4NO3S/c1-15(13,14)3-2-11-5(12)6(9,10)4(7)8/h4H,2-3H2,1H3,(H,11,12). The van der Waals surface area contributed by atoms with Crippen LogP contribution in [0, 0.1) is 0 Å². The highest BCUT2D eigenvalue weighted by molar-refractivity contribution is 7.90. The number of amides is 1. The van der Waals surface area contributed by atoms with E-state index < -0.39 is 40.4 Å². The molecular formula is C6H9F4NO3S. The molecule has 0 aromatic rings. The fraction of sp³-hybridized carbons (Fsp3) is 0.833. The van der Waals surface area contributed by atoms with Crippen LogP contribution in [0.2, 0.25) is 0 Å². The van der Waals surface area contributed by atoms with Crippen molar-refractivity contribution in [3.05, 3.63) is 0 Å². The summed E-state index contributed by atoms with van der Waals surface area (Å²) in [5.41, 5.74) is 0. The van der Waals surface area contributed by atoms with Crippen LogP contribution in [0.1, 0.15) is 0 Å². The minimum atomic E-state index is -4.79. The molecule has 0 aliphatic carbocycles. The lowest BCUT2D eigenvalue weighted by molar-refractivity contribution is -0.169. The number of carbonyl (C=O) groups is 1. The van der Waals surface area contributed by atoms with E-state index in [9.17, 15) is 30.8 Å². The molecule has 0 heterocycles. The van der Waals surface area contributed by atoms with E-state index in [0.29, 0.717) is 0 Å². The number of alkyl halides is 4. The number of carbonyl (C=O) groups excluding carboxylic acids is 1. The van der Waals surface area contributed by atoms with Gasteiger partial charge in [-0.15, -0.1) is 0 Å². The maximum absolute atomic E-state index is 12.2. The molecule has 9 heteroatoms. The van der Waals surface area contributed by atoms with Crippen LogP contribution >= 0.6 is 0 Å². The van der Waals surface area contributed by atoms with Crippen LogP contribution in [0.3, 0.4) is 0 Å². The Bertz CT molecular complexity index is 327. The van der Waals surface area contributed by atoms with Gasteiger partial charge < -0.3 is 5.32 Å². The normalized spacial score (nSPS) is 12.9. The van der Waals surface area contributed by atoms with Crippen molar-refractivity contribution in [3.8, 4) is 0 Å². The average molecular weight is 251 g/mol. The molecule has 0 aliphatic heterocycles. The third kappa shape index (κ3) is 4.96. The molecule has 0 unspecified atom stereocenters. The zero-order chi connectivity index (χ0) is 12.3. The number of halogens is 4. The minimum absolute atomic E-state index is 0.585. The summed E-state index contributed by atoms with van der Waals surface area (Å²) in [4.78, 5) is 10.5. The van der Waals surface area contributed by atoms with E-state index in [1.54, 1.807) is 0 Å². The van der Waals surface area contributed by atoms with Crippen molar-refractivity contribution < 1.29 is 30.8 Å². The molecule has 0 rings (SSSR count). The van der Waals surface area contributed by atoms with Crippen LogP contribution < -0.4 is 5.32 Å². The van der Waals surface area contributed by atoms with Crippen molar-refractivity contribution in [1.29, 1.82) is 0 Å². The van der Waals surface area contributed by atoms with E-state index in [1.807, 2.05) is 0 Å². The molecule has 0 saturated heterocycles. The third-order valence-corrected chi connectivity index (χ3v) is 2.28. The molecule has 90 valence electrons. The summed E-state index contributed by atoms with van der Waals surface area (Å²) in [7, 11) is -3.43. The lowest BCUT2D eigenvalue weighted by atomic mass is 10.3. The second-order valence-electron chi connectivity index (χ2n) is 2.81. The highest BCUT2D eigenvalue weighted by Gasteiger charge is 2.48. The first-order valence-corrected chi connectivity index (χ1v) is 5.75. The van der Waals surface area contributed by atoms with E-state index >= 15 is 0 Å². The Morgan fingerprint density at radius 1 is 1.40 bits per heavy atom. The summed E-state index contributed by atoms with van der Waals surface area (Å²) in [5, 5.41) is 1.41. The maximum atomic E-state index is 12.2. The number of sulfone groups is 1. The Hall–Kier alpha value is -0.860. The molecule has 4 nitrogen and oxygen atoms in total. The van der Waals surface area contributed by atoms with Crippen LogP contribution in [-0.2, 0) is 14.6 Å². The van der Waals surface area contributed by atoms with Gasteiger partial charge in [0.05, 0.1) is 5.75 Å². The predicted octanol–water partition coefficient (Wildman–Crippen LogP) is 0.0476.